The van der Waals surface area contributed by atoms with Crippen LogP contribution in [0.15, 0.2) is 0 Å². The first-order valence-corrected chi connectivity index (χ1v) is 7.77. The van der Waals surface area contributed by atoms with E-state index in [9.17, 15) is 9.59 Å². The van der Waals surface area contributed by atoms with E-state index in [1.807, 2.05) is 4.90 Å². The van der Waals surface area contributed by atoms with Crippen LogP contribution in [0, 0.1) is 5.92 Å². The van der Waals surface area contributed by atoms with E-state index in [0.29, 0.717) is 12.3 Å². The van der Waals surface area contributed by atoms with Gasteiger partial charge in [-0.1, -0.05) is 11.8 Å². The number of hydrogen-bond donors (Lipinski definition) is 0. The first-order valence-electron chi connectivity index (χ1n) is 6.78. The standard InChI is InChI=1S/C13H22N2O2S/c1-11(16)18-10-12-8-13(17)15(9-12)7-6-14-4-2-3-5-14/h12H,2-10H2,1H3. The van der Waals surface area contributed by atoms with E-state index in [1.54, 1.807) is 6.92 Å². The van der Waals surface area contributed by atoms with Crippen LogP contribution in [0.4, 0.5) is 0 Å². The predicted molar refractivity (Wildman–Crippen MR) is 73.5 cm³/mol. The number of hydrogen-bond acceptors (Lipinski definition) is 4. The van der Waals surface area contributed by atoms with Gasteiger partial charge in [0.2, 0.25) is 5.91 Å². The van der Waals surface area contributed by atoms with Gasteiger partial charge in [-0.3, -0.25) is 9.59 Å². The average molecular weight is 270 g/mol. The normalized spacial score (nSPS) is 25.1. The summed E-state index contributed by atoms with van der Waals surface area (Å²) in [5.41, 5.74) is 0. The van der Waals surface area contributed by atoms with Crippen LogP contribution in [0.25, 0.3) is 0 Å². The topological polar surface area (TPSA) is 40.6 Å². The third-order valence-electron chi connectivity index (χ3n) is 3.70. The van der Waals surface area contributed by atoms with Crippen LogP contribution >= 0.6 is 11.8 Å². The maximum Gasteiger partial charge on any atom is 0.222 e. The average Bonchev–Trinajstić information content (AvgIpc) is 2.93. The van der Waals surface area contributed by atoms with E-state index in [2.05, 4.69) is 4.90 Å². The summed E-state index contributed by atoms with van der Waals surface area (Å²) in [5.74, 6) is 1.43. The molecule has 1 atom stereocenters. The lowest BCUT2D eigenvalue weighted by Crippen LogP contribution is -2.34. The van der Waals surface area contributed by atoms with Crippen LogP contribution < -0.4 is 0 Å². The van der Waals surface area contributed by atoms with Crippen molar-refractivity contribution in [3.8, 4) is 0 Å². The predicted octanol–water partition coefficient (Wildman–Crippen LogP) is 1.21. The first kappa shape index (κ1) is 13.9. The van der Waals surface area contributed by atoms with Crippen molar-refractivity contribution < 1.29 is 9.59 Å². The van der Waals surface area contributed by atoms with Crippen molar-refractivity contribution in [1.29, 1.82) is 0 Å². The lowest BCUT2D eigenvalue weighted by atomic mass is 10.1. The molecule has 0 N–H and O–H groups in total. The second kappa shape index (κ2) is 6.57. The van der Waals surface area contributed by atoms with E-state index in [-0.39, 0.29) is 11.0 Å². The van der Waals surface area contributed by atoms with Crippen molar-refractivity contribution in [2.24, 2.45) is 5.92 Å². The van der Waals surface area contributed by atoms with Gasteiger partial charge in [-0.25, -0.2) is 0 Å². The number of thioether (sulfide) groups is 1. The Kier molecular flexibility index (Phi) is 5.06. The molecule has 102 valence electrons. The molecule has 0 aromatic rings. The molecular formula is C13H22N2O2S. The Hall–Kier alpha value is -0.550. The van der Waals surface area contributed by atoms with Gasteiger partial charge in [-0.15, -0.1) is 0 Å². The molecule has 5 heteroatoms. The van der Waals surface area contributed by atoms with Crippen LogP contribution in [0.2, 0.25) is 0 Å². The monoisotopic (exact) mass is 270 g/mol. The van der Waals surface area contributed by atoms with Gasteiger partial charge in [0, 0.05) is 38.7 Å². The smallest absolute Gasteiger partial charge is 0.222 e. The van der Waals surface area contributed by atoms with Gasteiger partial charge in [0.05, 0.1) is 0 Å². The highest BCUT2D eigenvalue weighted by molar-refractivity contribution is 8.13. The van der Waals surface area contributed by atoms with Crippen molar-refractivity contribution in [1.82, 2.24) is 9.80 Å². The van der Waals surface area contributed by atoms with Gasteiger partial charge in [0.1, 0.15) is 0 Å². The molecule has 2 saturated heterocycles. The second-order valence-corrected chi connectivity index (χ2v) is 6.46. The summed E-state index contributed by atoms with van der Waals surface area (Å²) in [5, 5.41) is 0.151. The minimum atomic E-state index is 0.151. The van der Waals surface area contributed by atoms with Crippen molar-refractivity contribution in [2.75, 3.05) is 38.5 Å². The Morgan fingerprint density at radius 3 is 2.72 bits per heavy atom. The van der Waals surface area contributed by atoms with E-state index >= 15 is 0 Å². The minimum absolute atomic E-state index is 0.151. The van der Waals surface area contributed by atoms with Crippen LogP contribution in [-0.4, -0.2) is 59.3 Å². The van der Waals surface area contributed by atoms with Crippen molar-refractivity contribution >= 4 is 22.8 Å². The van der Waals surface area contributed by atoms with Crippen molar-refractivity contribution in [3.05, 3.63) is 0 Å². The van der Waals surface area contributed by atoms with Gasteiger partial charge in [0.15, 0.2) is 5.12 Å². The van der Waals surface area contributed by atoms with Crippen LogP contribution in [0.5, 0.6) is 0 Å². The Morgan fingerprint density at radius 2 is 2.06 bits per heavy atom. The lowest BCUT2D eigenvalue weighted by Gasteiger charge is -2.21. The molecule has 0 radical (unpaired) electrons. The second-order valence-electron chi connectivity index (χ2n) is 5.26. The van der Waals surface area contributed by atoms with Gasteiger partial charge < -0.3 is 9.80 Å². The zero-order chi connectivity index (χ0) is 13.0. The quantitative estimate of drug-likeness (QED) is 0.753. The third-order valence-corrected chi connectivity index (χ3v) is 4.75. The number of likely N-dealkylation sites (tertiary alicyclic amines) is 2. The molecule has 1 amide bonds. The maximum absolute atomic E-state index is 11.8. The molecule has 2 rings (SSSR count). The summed E-state index contributed by atoms with van der Waals surface area (Å²) in [6.07, 6.45) is 3.22. The molecule has 0 bridgehead atoms. The van der Waals surface area contributed by atoms with Crippen LogP contribution in [0.3, 0.4) is 0 Å². The van der Waals surface area contributed by atoms with Crippen LogP contribution in [-0.2, 0) is 9.59 Å². The molecule has 0 spiro atoms. The highest BCUT2D eigenvalue weighted by Gasteiger charge is 2.29. The molecule has 18 heavy (non-hydrogen) atoms. The number of rotatable bonds is 5. The highest BCUT2D eigenvalue weighted by Crippen LogP contribution is 2.22. The molecule has 2 aliphatic heterocycles. The molecule has 2 heterocycles. The largest absolute Gasteiger partial charge is 0.341 e. The Morgan fingerprint density at radius 1 is 1.33 bits per heavy atom. The minimum Gasteiger partial charge on any atom is -0.341 e. The number of carbonyl (C=O) groups is 2. The molecule has 2 fully saturated rings. The Balaban J connectivity index is 1.69. The summed E-state index contributed by atoms with van der Waals surface area (Å²) in [6.45, 7) is 6.68. The van der Waals surface area contributed by atoms with Crippen LogP contribution in [0.1, 0.15) is 26.2 Å². The molecule has 1 unspecified atom stereocenters. The molecule has 0 saturated carbocycles. The number of amides is 1. The summed E-state index contributed by atoms with van der Waals surface area (Å²) >= 11 is 1.35. The van der Waals surface area contributed by atoms with Crippen molar-refractivity contribution in [3.63, 3.8) is 0 Å². The molecular weight excluding hydrogens is 248 g/mol. The Bertz CT molecular complexity index is 316. The zero-order valence-corrected chi connectivity index (χ0v) is 11.9. The zero-order valence-electron chi connectivity index (χ0n) is 11.1. The SMILES string of the molecule is CC(=O)SCC1CC(=O)N(CCN2CCCC2)C1. The molecule has 0 aromatic heterocycles. The van der Waals surface area contributed by atoms with Gasteiger partial charge in [0.25, 0.3) is 0 Å². The Labute approximate surface area is 113 Å². The number of nitrogens with zero attached hydrogens (tertiary/aromatic N) is 2. The van der Waals surface area contributed by atoms with Gasteiger partial charge in [-0.2, -0.15) is 0 Å². The fourth-order valence-electron chi connectivity index (χ4n) is 2.69. The third kappa shape index (κ3) is 3.99. The fourth-order valence-corrected chi connectivity index (χ4v) is 3.38. The molecule has 4 nitrogen and oxygen atoms in total. The van der Waals surface area contributed by atoms with Gasteiger partial charge in [-0.05, 0) is 31.8 Å². The lowest BCUT2D eigenvalue weighted by molar-refractivity contribution is -0.127. The molecule has 0 aliphatic carbocycles. The van der Waals surface area contributed by atoms with E-state index in [0.717, 1.165) is 25.4 Å². The molecule has 0 aromatic carbocycles. The van der Waals surface area contributed by atoms with E-state index < -0.39 is 0 Å². The van der Waals surface area contributed by atoms with E-state index in [4.69, 9.17) is 0 Å². The first-order chi connectivity index (χ1) is 8.65. The van der Waals surface area contributed by atoms with E-state index in [1.165, 1.54) is 37.7 Å². The summed E-state index contributed by atoms with van der Waals surface area (Å²) in [7, 11) is 0. The van der Waals surface area contributed by atoms with Crippen molar-refractivity contribution in [2.45, 2.75) is 26.2 Å². The number of carbonyl (C=O) groups excluding carboxylic acids is 2. The maximum atomic E-state index is 11.8. The van der Waals surface area contributed by atoms with Gasteiger partial charge >= 0.3 is 0 Å². The summed E-state index contributed by atoms with van der Waals surface area (Å²) in [6, 6.07) is 0. The molecule has 2 aliphatic rings. The highest BCUT2D eigenvalue weighted by atomic mass is 32.2. The summed E-state index contributed by atoms with van der Waals surface area (Å²) in [4.78, 5) is 27.2. The summed E-state index contributed by atoms with van der Waals surface area (Å²) < 4.78 is 0. The fraction of sp³-hybridized carbons (Fsp3) is 0.846.